The number of ether oxygens (including phenoxy) is 1. The molecule has 0 spiro atoms. The summed E-state index contributed by atoms with van der Waals surface area (Å²) in [5.74, 6) is -0.980. The van der Waals surface area contributed by atoms with Gasteiger partial charge < -0.3 is 4.74 Å². The summed E-state index contributed by atoms with van der Waals surface area (Å²) in [6.45, 7) is 2.38. The Balaban J connectivity index is 2.18. The minimum atomic E-state index is -0.714. The number of ketones is 1. The maximum atomic E-state index is 13.5. The van der Waals surface area contributed by atoms with Gasteiger partial charge in [-0.15, -0.1) is 0 Å². The highest BCUT2D eigenvalue weighted by atomic mass is 79.9. The van der Waals surface area contributed by atoms with E-state index in [9.17, 15) is 13.6 Å². The van der Waals surface area contributed by atoms with E-state index in [-0.39, 0.29) is 17.8 Å². The lowest BCUT2D eigenvalue weighted by Gasteiger charge is -2.08. The number of benzene rings is 2. The summed E-state index contributed by atoms with van der Waals surface area (Å²) >= 11 is 3.32. The van der Waals surface area contributed by atoms with Gasteiger partial charge >= 0.3 is 0 Å². The molecule has 0 atom stereocenters. The van der Waals surface area contributed by atoms with Crippen LogP contribution in [0.5, 0.6) is 5.75 Å². The Morgan fingerprint density at radius 1 is 1.19 bits per heavy atom. The van der Waals surface area contributed by atoms with Crippen molar-refractivity contribution in [2.45, 2.75) is 13.3 Å². The first-order valence-corrected chi connectivity index (χ1v) is 7.20. The maximum Gasteiger partial charge on any atom is 0.167 e. The predicted molar refractivity (Wildman–Crippen MR) is 79.7 cm³/mol. The van der Waals surface area contributed by atoms with Crippen molar-refractivity contribution in [1.29, 1.82) is 0 Å². The molecular formula is C16H13BrF2O2. The van der Waals surface area contributed by atoms with Crippen molar-refractivity contribution in [3.05, 3.63) is 63.6 Å². The average Bonchev–Trinajstić information content (AvgIpc) is 2.44. The molecule has 0 N–H and O–H groups in total. The summed E-state index contributed by atoms with van der Waals surface area (Å²) in [5, 5.41) is 0. The molecule has 2 aromatic rings. The zero-order valence-corrected chi connectivity index (χ0v) is 12.9. The molecule has 0 aliphatic carbocycles. The fourth-order valence-electron chi connectivity index (χ4n) is 1.89. The lowest BCUT2D eigenvalue weighted by Crippen LogP contribution is -2.06. The molecule has 0 amide bonds. The second-order valence-electron chi connectivity index (χ2n) is 4.41. The van der Waals surface area contributed by atoms with Gasteiger partial charge in [-0.05, 0) is 52.7 Å². The maximum absolute atomic E-state index is 13.5. The molecule has 0 bridgehead atoms. The van der Waals surface area contributed by atoms with Crippen molar-refractivity contribution in [2.24, 2.45) is 0 Å². The van der Waals surface area contributed by atoms with Gasteiger partial charge in [-0.1, -0.05) is 6.07 Å². The number of hydrogen-bond donors (Lipinski definition) is 0. The molecular weight excluding hydrogens is 342 g/mol. The van der Waals surface area contributed by atoms with E-state index >= 15 is 0 Å². The van der Waals surface area contributed by atoms with Crippen LogP contribution in [-0.2, 0) is 6.42 Å². The van der Waals surface area contributed by atoms with Crippen molar-refractivity contribution in [2.75, 3.05) is 6.61 Å². The van der Waals surface area contributed by atoms with Gasteiger partial charge in [0.05, 0.1) is 11.1 Å². The molecule has 0 aromatic heterocycles. The Morgan fingerprint density at radius 2 is 1.95 bits per heavy atom. The average molecular weight is 355 g/mol. The number of rotatable bonds is 5. The summed E-state index contributed by atoms with van der Waals surface area (Å²) in [5.41, 5.74) is 0.612. The Hall–Kier alpha value is -1.75. The van der Waals surface area contributed by atoms with E-state index in [2.05, 4.69) is 15.9 Å². The van der Waals surface area contributed by atoms with Crippen molar-refractivity contribution < 1.29 is 18.3 Å². The van der Waals surface area contributed by atoms with Gasteiger partial charge in [0.25, 0.3) is 0 Å². The molecule has 2 nitrogen and oxygen atoms in total. The number of carbonyl (C=O) groups is 1. The van der Waals surface area contributed by atoms with Crippen molar-refractivity contribution >= 4 is 21.7 Å². The smallest absolute Gasteiger partial charge is 0.167 e. The molecule has 2 aromatic carbocycles. The van der Waals surface area contributed by atoms with Crippen LogP contribution >= 0.6 is 15.9 Å². The van der Waals surface area contributed by atoms with Crippen molar-refractivity contribution in [3.8, 4) is 5.75 Å². The highest BCUT2D eigenvalue weighted by Gasteiger charge is 2.13. The molecule has 0 unspecified atom stereocenters. The van der Waals surface area contributed by atoms with E-state index in [1.807, 2.05) is 6.92 Å². The molecule has 0 saturated heterocycles. The van der Waals surface area contributed by atoms with Gasteiger partial charge in [0.15, 0.2) is 5.78 Å². The summed E-state index contributed by atoms with van der Waals surface area (Å²) in [6.07, 6.45) is -0.119. The third-order valence-corrected chi connectivity index (χ3v) is 3.54. The summed E-state index contributed by atoms with van der Waals surface area (Å²) in [7, 11) is 0. The number of hydrogen-bond acceptors (Lipinski definition) is 2. The van der Waals surface area contributed by atoms with Gasteiger partial charge in [-0.2, -0.15) is 0 Å². The topological polar surface area (TPSA) is 26.3 Å². The van der Waals surface area contributed by atoms with E-state index in [1.54, 1.807) is 18.2 Å². The Morgan fingerprint density at radius 3 is 2.57 bits per heavy atom. The lowest BCUT2D eigenvalue weighted by molar-refractivity contribution is 0.0991. The first-order valence-electron chi connectivity index (χ1n) is 6.40. The summed E-state index contributed by atoms with van der Waals surface area (Å²) in [4.78, 5) is 12.2. The molecule has 21 heavy (non-hydrogen) atoms. The van der Waals surface area contributed by atoms with Crippen LogP contribution in [0.25, 0.3) is 0 Å². The quantitative estimate of drug-likeness (QED) is 0.736. The van der Waals surface area contributed by atoms with Crippen LogP contribution in [0.3, 0.4) is 0 Å². The van der Waals surface area contributed by atoms with Crippen LogP contribution < -0.4 is 4.74 Å². The largest absolute Gasteiger partial charge is 0.493 e. The first kappa shape index (κ1) is 15.6. The minimum absolute atomic E-state index is 0.119. The van der Waals surface area contributed by atoms with Crippen LogP contribution in [0.1, 0.15) is 22.8 Å². The van der Waals surface area contributed by atoms with Gasteiger partial charge in [0, 0.05) is 18.1 Å². The van der Waals surface area contributed by atoms with E-state index in [4.69, 9.17) is 4.74 Å². The third kappa shape index (κ3) is 3.88. The monoisotopic (exact) mass is 354 g/mol. The summed E-state index contributed by atoms with van der Waals surface area (Å²) < 4.78 is 32.4. The van der Waals surface area contributed by atoms with Gasteiger partial charge in [0.1, 0.15) is 17.4 Å². The summed E-state index contributed by atoms with van der Waals surface area (Å²) in [6, 6.07) is 8.14. The molecule has 0 fully saturated rings. The molecule has 0 heterocycles. The first-order chi connectivity index (χ1) is 10.0. The predicted octanol–water partition coefficient (Wildman–Crippen LogP) is 4.55. The molecule has 2 rings (SSSR count). The van der Waals surface area contributed by atoms with Crippen molar-refractivity contribution in [3.63, 3.8) is 0 Å². The Bertz CT molecular complexity index is 671. The van der Waals surface area contributed by atoms with Crippen LogP contribution in [-0.4, -0.2) is 12.4 Å². The molecule has 0 aliphatic heterocycles. The lowest BCUT2D eigenvalue weighted by atomic mass is 10.0. The molecule has 0 saturated carbocycles. The molecule has 5 heteroatoms. The standard InChI is InChI=1S/C16H13BrF2O2/c1-2-21-16-6-4-11(7-13(16)17)15(20)8-10-3-5-12(18)9-14(10)19/h3-7,9H,2,8H2,1H3. The van der Waals surface area contributed by atoms with Crippen LogP contribution in [0.15, 0.2) is 40.9 Å². The minimum Gasteiger partial charge on any atom is -0.493 e. The van der Waals surface area contributed by atoms with Crippen LogP contribution in [0.2, 0.25) is 0 Å². The van der Waals surface area contributed by atoms with E-state index in [1.165, 1.54) is 6.07 Å². The highest BCUT2D eigenvalue weighted by molar-refractivity contribution is 9.10. The zero-order chi connectivity index (χ0) is 15.4. The van der Waals surface area contributed by atoms with Gasteiger partial charge in [0.2, 0.25) is 0 Å². The van der Waals surface area contributed by atoms with Gasteiger partial charge in [-0.3, -0.25) is 4.79 Å². The second-order valence-corrected chi connectivity index (χ2v) is 5.27. The number of carbonyl (C=O) groups excluding carboxylic acids is 1. The molecule has 110 valence electrons. The SMILES string of the molecule is CCOc1ccc(C(=O)Cc2ccc(F)cc2F)cc1Br. The normalized spacial score (nSPS) is 10.5. The van der Waals surface area contributed by atoms with E-state index < -0.39 is 11.6 Å². The fourth-order valence-corrected chi connectivity index (χ4v) is 2.38. The van der Waals surface area contributed by atoms with Crippen LogP contribution in [0.4, 0.5) is 8.78 Å². The van der Waals surface area contributed by atoms with E-state index in [0.29, 0.717) is 22.4 Å². The molecule has 0 radical (unpaired) electrons. The fraction of sp³-hybridized carbons (Fsp3) is 0.188. The Labute approximate surface area is 129 Å². The molecule has 0 aliphatic rings. The number of Topliss-reactive ketones (excluding diaryl/α,β-unsaturated/α-hetero) is 1. The second kappa shape index (κ2) is 6.80. The van der Waals surface area contributed by atoms with Crippen LogP contribution in [0, 0.1) is 11.6 Å². The number of halogens is 3. The Kier molecular flexibility index (Phi) is 5.07. The van der Waals surface area contributed by atoms with Crippen molar-refractivity contribution in [1.82, 2.24) is 0 Å². The van der Waals surface area contributed by atoms with Gasteiger partial charge in [-0.25, -0.2) is 8.78 Å². The highest BCUT2D eigenvalue weighted by Crippen LogP contribution is 2.26. The third-order valence-electron chi connectivity index (χ3n) is 2.92. The zero-order valence-electron chi connectivity index (χ0n) is 11.3. The van der Waals surface area contributed by atoms with E-state index in [0.717, 1.165) is 12.1 Å².